The third kappa shape index (κ3) is 3.50. The van der Waals surface area contributed by atoms with Crippen LogP contribution in [-0.2, 0) is 19.0 Å². The van der Waals surface area contributed by atoms with Crippen molar-refractivity contribution in [3.05, 3.63) is 11.6 Å². The number of esters is 1. The molecule has 4 saturated carbocycles. The van der Waals surface area contributed by atoms with E-state index in [1.165, 1.54) is 25.7 Å². The van der Waals surface area contributed by atoms with Crippen LogP contribution in [0.4, 0.5) is 0 Å². The highest BCUT2D eigenvalue weighted by atomic mass is 16.6. The van der Waals surface area contributed by atoms with Crippen LogP contribution in [0.2, 0.25) is 0 Å². The first-order valence-electron chi connectivity index (χ1n) is 15.9. The quantitative estimate of drug-likeness (QED) is 0.215. The number of fused-ring (bicyclic) bond motifs is 7. The summed E-state index contributed by atoms with van der Waals surface area (Å²) in [5, 5.41) is 0. The minimum Gasteiger partial charge on any atom is -0.469 e. The van der Waals surface area contributed by atoms with E-state index in [-0.39, 0.29) is 27.6 Å². The van der Waals surface area contributed by atoms with E-state index in [9.17, 15) is 4.79 Å². The van der Waals surface area contributed by atoms with Gasteiger partial charge in [-0.15, -0.1) is 0 Å². The van der Waals surface area contributed by atoms with Crippen molar-refractivity contribution in [2.45, 2.75) is 118 Å². The normalized spacial score (nSPS) is 52.9. The number of hydrogen-bond acceptors (Lipinski definition) is 4. The Morgan fingerprint density at radius 1 is 0.974 bits per heavy atom. The number of rotatable bonds is 4. The smallest absolute Gasteiger partial charge is 0.312 e. The van der Waals surface area contributed by atoms with Gasteiger partial charge in [0.2, 0.25) is 0 Å². The monoisotopic (exact) mass is 526 g/mol. The van der Waals surface area contributed by atoms with Crippen molar-refractivity contribution in [1.29, 1.82) is 0 Å². The molecule has 1 heterocycles. The minimum absolute atomic E-state index is 0.0591. The van der Waals surface area contributed by atoms with Crippen molar-refractivity contribution in [3.63, 3.8) is 0 Å². The van der Waals surface area contributed by atoms with Crippen LogP contribution in [0, 0.1) is 56.7 Å². The van der Waals surface area contributed by atoms with Gasteiger partial charge in [-0.3, -0.25) is 4.79 Å². The Balaban J connectivity index is 1.36. The predicted octanol–water partition coefficient (Wildman–Crippen LogP) is 7.60. The summed E-state index contributed by atoms with van der Waals surface area (Å²) in [4.78, 5) is 13.5. The molecular formula is C34H54O4. The average molecular weight is 527 g/mol. The highest BCUT2D eigenvalue weighted by molar-refractivity contribution is 5.78. The molecule has 0 N–H and O–H groups in total. The zero-order valence-electron chi connectivity index (χ0n) is 25.5. The first-order chi connectivity index (χ1) is 17.8. The van der Waals surface area contributed by atoms with Crippen LogP contribution >= 0.6 is 0 Å². The van der Waals surface area contributed by atoms with Crippen molar-refractivity contribution in [3.8, 4) is 0 Å². The van der Waals surface area contributed by atoms with Gasteiger partial charge in [0.25, 0.3) is 0 Å². The van der Waals surface area contributed by atoms with Gasteiger partial charge in [-0.2, -0.15) is 0 Å². The summed E-state index contributed by atoms with van der Waals surface area (Å²) >= 11 is 0. The second kappa shape index (κ2) is 8.81. The molecular weight excluding hydrogens is 472 g/mol. The molecule has 11 atom stereocenters. The largest absolute Gasteiger partial charge is 0.469 e. The molecule has 1 aliphatic heterocycles. The Morgan fingerprint density at radius 3 is 2.39 bits per heavy atom. The lowest BCUT2D eigenvalue weighted by atomic mass is 9.33. The van der Waals surface area contributed by atoms with Gasteiger partial charge in [0.15, 0.2) is 0 Å². The summed E-state index contributed by atoms with van der Waals surface area (Å²) in [5.41, 5.74) is 2.22. The lowest BCUT2D eigenvalue weighted by Gasteiger charge is -2.71. The van der Waals surface area contributed by atoms with E-state index in [2.05, 4.69) is 54.5 Å². The van der Waals surface area contributed by atoms with E-state index in [0.717, 1.165) is 45.3 Å². The molecule has 6 aliphatic rings. The van der Waals surface area contributed by atoms with E-state index in [1.54, 1.807) is 12.7 Å². The Hall–Kier alpha value is -0.870. The van der Waals surface area contributed by atoms with E-state index in [0.29, 0.717) is 47.2 Å². The van der Waals surface area contributed by atoms with Crippen molar-refractivity contribution in [2.75, 3.05) is 20.3 Å². The Kier molecular flexibility index (Phi) is 6.33. The molecule has 1 unspecified atom stereocenters. The van der Waals surface area contributed by atoms with Crippen molar-refractivity contribution < 1.29 is 19.0 Å². The van der Waals surface area contributed by atoms with Gasteiger partial charge >= 0.3 is 5.97 Å². The summed E-state index contributed by atoms with van der Waals surface area (Å²) in [5.74, 6) is 2.91. The molecule has 0 aromatic rings. The molecule has 4 nitrogen and oxygen atoms in total. The molecule has 0 amide bonds. The third-order valence-corrected chi connectivity index (χ3v) is 14.4. The Labute approximate surface area is 232 Å². The number of methoxy groups -OCH3 is 1. The summed E-state index contributed by atoms with van der Waals surface area (Å²) in [6.07, 6.45) is 13.8. The number of carbonyl (C=O) groups is 1. The molecule has 0 aromatic carbocycles. The van der Waals surface area contributed by atoms with E-state index >= 15 is 0 Å². The molecule has 0 aromatic heterocycles. The first-order valence-corrected chi connectivity index (χ1v) is 15.9. The van der Waals surface area contributed by atoms with Gasteiger partial charge in [0.1, 0.15) is 6.10 Å². The van der Waals surface area contributed by atoms with Crippen LogP contribution in [0.15, 0.2) is 11.6 Å². The van der Waals surface area contributed by atoms with Crippen LogP contribution in [-0.4, -0.2) is 38.5 Å². The lowest BCUT2D eigenvalue weighted by Crippen LogP contribution is -2.65. The van der Waals surface area contributed by atoms with Gasteiger partial charge in [-0.05, 0) is 109 Å². The summed E-state index contributed by atoms with van der Waals surface area (Å²) in [6.45, 7) is 19.4. The second-order valence-electron chi connectivity index (χ2n) is 15.9. The van der Waals surface area contributed by atoms with Crippen molar-refractivity contribution in [1.82, 2.24) is 0 Å². The van der Waals surface area contributed by atoms with E-state index in [1.807, 2.05) is 0 Å². The zero-order chi connectivity index (χ0) is 27.3. The second-order valence-corrected chi connectivity index (χ2v) is 15.9. The number of ether oxygens (including phenoxy) is 3. The molecule has 0 radical (unpaired) electrons. The van der Waals surface area contributed by atoms with Crippen LogP contribution in [0.25, 0.3) is 0 Å². The molecule has 38 heavy (non-hydrogen) atoms. The Morgan fingerprint density at radius 2 is 1.71 bits per heavy atom. The fraction of sp³-hybridized carbons (Fsp3) is 0.912. The van der Waals surface area contributed by atoms with Crippen molar-refractivity contribution in [2.24, 2.45) is 56.7 Å². The summed E-state index contributed by atoms with van der Waals surface area (Å²) in [7, 11) is 1.61. The van der Waals surface area contributed by atoms with Crippen LogP contribution in [0.5, 0.6) is 0 Å². The SMILES string of the molecule is COC(=O)[C@]12CC[C@@H](C)[C@H](C)[C@H]1C1=CC[C@@H]3[C@@]4(C)CC[C@@H](OCC5CO5)C(C)(C)[C@@H]4CC[C@@]3(C)[C@]1(C)CC2. The standard InChI is InChI=1S/C34H54O4/c1-21-11-16-34(29(35)36-8)18-17-32(6)24(28(34)22(21)2)9-10-26-31(5)14-13-27(38-20-23-19-37-23)30(3,4)25(31)12-15-33(26,32)7/h9,21-23,25-28H,10-20H2,1-8H3/t21-,22+,23?,25+,26-,27-,28+,31+,32-,33-,34+/m1/s1. The predicted molar refractivity (Wildman–Crippen MR) is 150 cm³/mol. The molecule has 6 rings (SSSR count). The molecule has 1 saturated heterocycles. The lowest BCUT2D eigenvalue weighted by molar-refractivity contribution is -0.214. The highest BCUT2D eigenvalue weighted by Gasteiger charge is 2.69. The number of hydrogen-bond donors (Lipinski definition) is 0. The molecule has 0 bridgehead atoms. The van der Waals surface area contributed by atoms with Crippen molar-refractivity contribution >= 4 is 5.97 Å². The van der Waals surface area contributed by atoms with E-state index in [4.69, 9.17) is 14.2 Å². The van der Waals surface area contributed by atoms with Gasteiger partial charge in [0, 0.05) is 0 Å². The number of epoxide rings is 1. The summed E-state index contributed by atoms with van der Waals surface area (Å²) in [6, 6.07) is 0. The highest BCUT2D eigenvalue weighted by Crippen LogP contribution is 2.76. The van der Waals surface area contributed by atoms with Gasteiger partial charge in [0.05, 0.1) is 31.8 Å². The fourth-order valence-electron chi connectivity index (χ4n) is 11.7. The number of allylic oxidation sites excluding steroid dienone is 2. The van der Waals surface area contributed by atoms with Gasteiger partial charge < -0.3 is 14.2 Å². The molecule has 4 heteroatoms. The number of carbonyl (C=O) groups excluding carboxylic acids is 1. The maximum absolute atomic E-state index is 13.5. The maximum Gasteiger partial charge on any atom is 0.312 e. The van der Waals surface area contributed by atoms with Crippen LogP contribution < -0.4 is 0 Å². The molecule has 0 spiro atoms. The minimum atomic E-state index is -0.320. The third-order valence-electron chi connectivity index (χ3n) is 14.4. The average Bonchev–Trinajstić information content (AvgIpc) is 3.70. The molecule has 214 valence electrons. The first kappa shape index (κ1) is 27.3. The van der Waals surface area contributed by atoms with Gasteiger partial charge in [-0.1, -0.05) is 60.1 Å². The van der Waals surface area contributed by atoms with E-state index < -0.39 is 0 Å². The van der Waals surface area contributed by atoms with Crippen LogP contribution in [0.3, 0.4) is 0 Å². The fourth-order valence-corrected chi connectivity index (χ4v) is 11.7. The molecule has 5 aliphatic carbocycles. The maximum atomic E-state index is 13.5. The van der Waals surface area contributed by atoms with Crippen LogP contribution in [0.1, 0.15) is 106 Å². The van der Waals surface area contributed by atoms with Gasteiger partial charge in [-0.25, -0.2) is 0 Å². The zero-order valence-corrected chi connectivity index (χ0v) is 25.5. The summed E-state index contributed by atoms with van der Waals surface area (Å²) < 4.78 is 17.5. The molecule has 5 fully saturated rings. The Bertz CT molecular complexity index is 996. The topological polar surface area (TPSA) is 48.1 Å².